The molecule has 1 N–H and O–H groups in total. The van der Waals surface area contributed by atoms with Crippen molar-refractivity contribution in [1.82, 2.24) is 4.90 Å². The number of carbonyl (C=O) groups excluding carboxylic acids is 2. The summed E-state index contributed by atoms with van der Waals surface area (Å²) in [5, 5.41) is 11.4. The number of rotatable bonds is 8. The lowest BCUT2D eigenvalue weighted by Gasteiger charge is -2.26. The average Bonchev–Trinajstić information content (AvgIpc) is 3.10. The van der Waals surface area contributed by atoms with Crippen molar-refractivity contribution < 1.29 is 33.6 Å². The number of ether oxygens (including phenoxy) is 4. The largest absolute Gasteiger partial charge is 0.507 e. The number of aliphatic hydroxyl groups is 1. The van der Waals surface area contributed by atoms with Crippen LogP contribution in [0.1, 0.15) is 43.5 Å². The number of methoxy groups -OCH3 is 4. The van der Waals surface area contributed by atoms with E-state index in [2.05, 4.69) is 0 Å². The van der Waals surface area contributed by atoms with Crippen LogP contribution in [0.15, 0.2) is 42.0 Å². The highest BCUT2D eigenvalue weighted by Crippen LogP contribution is 2.42. The standard InChI is InChI=1S/C27H33NO7/c1-27(2,3)18-14-17(9-10-19(18)33-5)24(29)22-23(28(12-13-32-4)26(31)25(22)30)16-8-11-20(34-6)21(15-16)35-7/h8-11,14-15,23,29H,12-13H2,1-7H3/b24-22+. The van der Waals surface area contributed by atoms with Crippen LogP contribution in [-0.2, 0) is 19.7 Å². The van der Waals surface area contributed by atoms with Crippen molar-refractivity contribution >= 4 is 17.4 Å². The smallest absolute Gasteiger partial charge is 0.295 e. The van der Waals surface area contributed by atoms with Crippen molar-refractivity contribution in [2.75, 3.05) is 41.6 Å². The highest BCUT2D eigenvalue weighted by molar-refractivity contribution is 6.46. The highest BCUT2D eigenvalue weighted by Gasteiger charge is 2.46. The van der Waals surface area contributed by atoms with Crippen molar-refractivity contribution in [2.45, 2.75) is 32.2 Å². The van der Waals surface area contributed by atoms with Gasteiger partial charge in [0.2, 0.25) is 0 Å². The number of nitrogens with zero attached hydrogens (tertiary/aromatic N) is 1. The molecular formula is C27H33NO7. The van der Waals surface area contributed by atoms with Crippen molar-refractivity contribution in [3.05, 3.63) is 58.7 Å². The van der Waals surface area contributed by atoms with Crippen LogP contribution in [0.3, 0.4) is 0 Å². The third-order valence-corrected chi connectivity index (χ3v) is 6.08. The Morgan fingerprint density at radius 3 is 2.11 bits per heavy atom. The average molecular weight is 484 g/mol. The summed E-state index contributed by atoms with van der Waals surface area (Å²) >= 11 is 0. The van der Waals surface area contributed by atoms with Crippen LogP contribution in [0.4, 0.5) is 0 Å². The van der Waals surface area contributed by atoms with Crippen molar-refractivity contribution in [3.8, 4) is 17.2 Å². The van der Waals surface area contributed by atoms with E-state index in [4.69, 9.17) is 18.9 Å². The van der Waals surface area contributed by atoms with Gasteiger partial charge in [-0.05, 0) is 41.3 Å². The maximum absolute atomic E-state index is 13.2. The first-order chi connectivity index (χ1) is 16.6. The van der Waals surface area contributed by atoms with E-state index in [1.807, 2.05) is 20.8 Å². The summed E-state index contributed by atoms with van der Waals surface area (Å²) in [6, 6.07) is 9.55. The van der Waals surface area contributed by atoms with Gasteiger partial charge in [0.15, 0.2) is 11.5 Å². The number of aliphatic hydroxyl groups excluding tert-OH is 1. The van der Waals surface area contributed by atoms with Crippen molar-refractivity contribution in [3.63, 3.8) is 0 Å². The van der Waals surface area contributed by atoms with Gasteiger partial charge in [0.05, 0.1) is 39.6 Å². The SMILES string of the molecule is COCCN1C(=O)C(=O)/C(=C(/O)c2ccc(OC)c(C(C)(C)C)c2)C1c1ccc(OC)c(OC)c1. The topological polar surface area (TPSA) is 94.5 Å². The molecule has 1 aliphatic rings. The van der Waals surface area contributed by atoms with Gasteiger partial charge in [-0.3, -0.25) is 9.59 Å². The molecule has 3 rings (SSSR count). The number of carbonyl (C=O) groups is 2. The van der Waals surface area contributed by atoms with Gasteiger partial charge >= 0.3 is 0 Å². The number of ketones is 1. The fourth-order valence-electron chi connectivity index (χ4n) is 4.27. The Labute approximate surface area is 206 Å². The van der Waals surface area contributed by atoms with Gasteiger partial charge in [-0.1, -0.05) is 26.8 Å². The normalized spacial score (nSPS) is 17.6. The fraction of sp³-hybridized carbons (Fsp3) is 0.407. The summed E-state index contributed by atoms with van der Waals surface area (Å²) in [5.41, 5.74) is 1.60. The molecule has 1 fully saturated rings. The quantitative estimate of drug-likeness (QED) is 0.343. The van der Waals surface area contributed by atoms with Gasteiger partial charge in [-0.2, -0.15) is 0 Å². The van der Waals surface area contributed by atoms with E-state index >= 15 is 0 Å². The molecule has 0 aliphatic carbocycles. The zero-order valence-electron chi connectivity index (χ0n) is 21.3. The van der Waals surface area contributed by atoms with Gasteiger partial charge in [0.25, 0.3) is 11.7 Å². The summed E-state index contributed by atoms with van der Waals surface area (Å²) in [4.78, 5) is 27.7. The Kier molecular flexibility index (Phi) is 7.75. The molecule has 35 heavy (non-hydrogen) atoms. The molecule has 188 valence electrons. The molecule has 1 aliphatic heterocycles. The summed E-state index contributed by atoms with van der Waals surface area (Å²) in [6.45, 7) is 6.49. The van der Waals surface area contributed by atoms with Gasteiger partial charge in [0.1, 0.15) is 11.5 Å². The van der Waals surface area contributed by atoms with Crippen molar-refractivity contribution in [1.29, 1.82) is 0 Å². The molecule has 1 saturated heterocycles. The van der Waals surface area contributed by atoms with Gasteiger partial charge in [-0.15, -0.1) is 0 Å². The van der Waals surface area contributed by atoms with Crippen LogP contribution in [0, 0.1) is 0 Å². The van der Waals surface area contributed by atoms with E-state index in [0.29, 0.717) is 28.4 Å². The van der Waals surface area contributed by atoms with Crippen LogP contribution < -0.4 is 14.2 Å². The molecule has 0 radical (unpaired) electrons. The Morgan fingerprint density at radius 1 is 0.914 bits per heavy atom. The lowest BCUT2D eigenvalue weighted by molar-refractivity contribution is -0.140. The van der Waals surface area contributed by atoms with Crippen molar-refractivity contribution in [2.24, 2.45) is 0 Å². The highest BCUT2D eigenvalue weighted by atomic mass is 16.5. The molecule has 2 aromatic rings. The molecular weight excluding hydrogens is 450 g/mol. The van der Waals surface area contributed by atoms with Gasteiger partial charge in [0, 0.05) is 24.8 Å². The molecule has 8 nitrogen and oxygen atoms in total. The Morgan fingerprint density at radius 2 is 1.54 bits per heavy atom. The molecule has 0 saturated carbocycles. The second-order valence-corrected chi connectivity index (χ2v) is 9.26. The van der Waals surface area contributed by atoms with E-state index in [1.54, 1.807) is 43.5 Å². The molecule has 1 heterocycles. The van der Waals surface area contributed by atoms with Gasteiger partial charge in [-0.25, -0.2) is 0 Å². The molecule has 8 heteroatoms. The second kappa shape index (κ2) is 10.4. The molecule has 0 spiro atoms. The van der Waals surface area contributed by atoms with Crippen LogP contribution in [0.5, 0.6) is 17.2 Å². The van der Waals surface area contributed by atoms with Crippen LogP contribution in [0.2, 0.25) is 0 Å². The lowest BCUT2D eigenvalue weighted by Crippen LogP contribution is -2.32. The summed E-state index contributed by atoms with van der Waals surface area (Å²) in [5.74, 6) is -0.0847. The molecule has 2 aromatic carbocycles. The van der Waals surface area contributed by atoms with E-state index in [0.717, 1.165) is 5.56 Å². The molecule has 1 atom stereocenters. The third-order valence-electron chi connectivity index (χ3n) is 6.08. The monoisotopic (exact) mass is 483 g/mol. The van der Waals surface area contributed by atoms with Crippen LogP contribution in [-0.4, -0.2) is 63.3 Å². The predicted octanol–water partition coefficient (Wildman–Crippen LogP) is 4.08. The Bertz CT molecular complexity index is 1150. The van der Waals surface area contributed by atoms with E-state index in [-0.39, 0.29) is 29.9 Å². The molecule has 0 aromatic heterocycles. The molecule has 0 bridgehead atoms. The van der Waals surface area contributed by atoms with E-state index < -0.39 is 17.7 Å². The number of benzene rings is 2. The first-order valence-electron chi connectivity index (χ1n) is 11.3. The Balaban J connectivity index is 2.24. The molecule has 1 amide bonds. The fourth-order valence-corrected chi connectivity index (χ4v) is 4.27. The summed E-state index contributed by atoms with van der Waals surface area (Å²) in [6.07, 6.45) is 0. The summed E-state index contributed by atoms with van der Waals surface area (Å²) in [7, 11) is 6.14. The van der Waals surface area contributed by atoms with Crippen LogP contribution in [0.25, 0.3) is 5.76 Å². The number of amides is 1. The second-order valence-electron chi connectivity index (χ2n) is 9.26. The summed E-state index contributed by atoms with van der Waals surface area (Å²) < 4.78 is 21.4. The number of hydrogen-bond acceptors (Lipinski definition) is 7. The molecule has 1 unspecified atom stereocenters. The lowest BCUT2D eigenvalue weighted by atomic mass is 9.84. The number of likely N-dealkylation sites (tertiary alicyclic amines) is 1. The number of hydrogen-bond donors (Lipinski definition) is 1. The zero-order valence-corrected chi connectivity index (χ0v) is 21.3. The Hall–Kier alpha value is -3.52. The van der Waals surface area contributed by atoms with Crippen LogP contribution >= 0.6 is 0 Å². The van der Waals surface area contributed by atoms with E-state index in [9.17, 15) is 14.7 Å². The predicted molar refractivity (Wildman–Crippen MR) is 132 cm³/mol. The maximum atomic E-state index is 13.2. The number of Topliss-reactive ketones (excluding diaryl/α,β-unsaturated/α-hetero) is 1. The van der Waals surface area contributed by atoms with Gasteiger partial charge < -0.3 is 29.0 Å². The van der Waals surface area contributed by atoms with E-state index in [1.165, 1.54) is 26.2 Å². The minimum atomic E-state index is -0.829. The minimum Gasteiger partial charge on any atom is -0.507 e. The maximum Gasteiger partial charge on any atom is 0.295 e. The first-order valence-corrected chi connectivity index (χ1v) is 11.3. The minimum absolute atomic E-state index is 0.00310. The first kappa shape index (κ1) is 26.1. The zero-order chi connectivity index (χ0) is 25.9. The third kappa shape index (κ3) is 4.98.